The number of pyridine rings is 1. The molecule has 5 heterocycles. The Morgan fingerprint density at radius 2 is 1.70 bits per heavy atom. The van der Waals surface area contributed by atoms with Gasteiger partial charge in [-0.25, -0.2) is 19.6 Å². The van der Waals surface area contributed by atoms with E-state index in [9.17, 15) is 24.0 Å². The highest BCUT2D eigenvalue weighted by Crippen LogP contribution is 2.30. The minimum absolute atomic E-state index is 0.134. The van der Waals surface area contributed by atoms with Crippen molar-refractivity contribution in [3.05, 3.63) is 106 Å². The van der Waals surface area contributed by atoms with Crippen molar-refractivity contribution in [2.24, 2.45) is 12.5 Å². The Morgan fingerprint density at radius 3 is 2.38 bits per heavy atom. The number of hydrogen-bond acceptors (Lipinski definition) is 13. The van der Waals surface area contributed by atoms with Gasteiger partial charge in [-0.3, -0.25) is 24.0 Å². The van der Waals surface area contributed by atoms with Crippen LogP contribution in [0.5, 0.6) is 5.75 Å². The Hall–Kier alpha value is -6.79. The molecule has 4 aromatic heterocycles. The van der Waals surface area contributed by atoms with Crippen molar-refractivity contribution >= 4 is 51.8 Å². The first kappa shape index (κ1) is 50.1. The normalized spacial score (nSPS) is 14.7. The Bertz CT molecular complexity index is 2860. The largest absolute Gasteiger partial charge is 0.486 e. The highest BCUT2D eigenvalue weighted by Gasteiger charge is 2.42. The molecule has 69 heavy (non-hydrogen) atoms. The van der Waals surface area contributed by atoms with Gasteiger partial charge in [0.2, 0.25) is 23.6 Å². The van der Waals surface area contributed by atoms with E-state index in [2.05, 4.69) is 36.0 Å². The predicted molar refractivity (Wildman–Crippen MR) is 264 cm³/mol. The number of aryl methyl sites for hydroxylation is 2. The second-order valence-corrected chi connectivity index (χ2v) is 20.5. The van der Waals surface area contributed by atoms with Gasteiger partial charge in [0.1, 0.15) is 40.3 Å². The number of amides is 4. The molecule has 1 aliphatic heterocycles. The number of likely N-dealkylation sites (tertiary alicyclic amines) is 1. The van der Waals surface area contributed by atoms with Crippen LogP contribution in [0.4, 0.5) is 5.69 Å². The number of benzene rings is 2. The number of oxazole rings is 1. The number of nitrogens with zero attached hydrogens (tertiary/aromatic N) is 6. The second kappa shape index (κ2) is 20.8. The van der Waals surface area contributed by atoms with Gasteiger partial charge in [-0.1, -0.05) is 45.0 Å². The summed E-state index contributed by atoms with van der Waals surface area (Å²) in [6.07, 6.45) is 3.79. The number of fused-ring (bicyclic) bond motifs is 1. The summed E-state index contributed by atoms with van der Waals surface area (Å²) in [5.41, 5.74) is 4.72. The molecule has 6 aromatic rings. The molecule has 0 saturated carbocycles. The lowest BCUT2D eigenvalue weighted by Crippen LogP contribution is -2.57. The van der Waals surface area contributed by atoms with E-state index in [0.29, 0.717) is 73.6 Å². The van der Waals surface area contributed by atoms with Crippen molar-refractivity contribution in [2.75, 3.05) is 18.5 Å². The van der Waals surface area contributed by atoms with E-state index in [-0.39, 0.29) is 41.3 Å². The van der Waals surface area contributed by atoms with Crippen molar-refractivity contribution in [1.82, 2.24) is 40.3 Å². The van der Waals surface area contributed by atoms with Gasteiger partial charge in [-0.2, -0.15) is 5.10 Å². The molecule has 3 N–H and O–H groups in total. The number of carbonyl (C=O) groups excluding carboxylic acids is 4. The van der Waals surface area contributed by atoms with E-state index in [1.807, 2.05) is 85.2 Å². The van der Waals surface area contributed by atoms with E-state index in [0.717, 1.165) is 21.7 Å². The molecule has 0 radical (unpaired) electrons. The van der Waals surface area contributed by atoms with Crippen molar-refractivity contribution in [1.29, 1.82) is 0 Å². The van der Waals surface area contributed by atoms with Gasteiger partial charge in [0, 0.05) is 44.7 Å². The molecule has 1 fully saturated rings. The third-order valence-corrected chi connectivity index (χ3v) is 13.0. The Kier molecular flexibility index (Phi) is 15.1. The first-order valence-corrected chi connectivity index (χ1v) is 24.0. The minimum Gasteiger partial charge on any atom is -0.486 e. The first-order chi connectivity index (χ1) is 32.6. The van der Waals surface area contributed by atoms with Crippen molar-refractivity contribution in [2.45, 2.75) is 117 Å². The molecule has 0 aliphatic carbocycles. The summed E-state index contributed by atoms with van der Waals surface area (Å²) in [6.45, 7) is 16.5. The molecular weight excluding hydrogens is 899 g/mol. The first-order valence-electron chi connectivity index (χ1n) is 23.1. The number of nitrogens with one attached hydrogen (secondary N) is 3. The average Bonchev–Trinajstić information content (AvgIpc) is 4.07. The maximum Gasteiger partial charge on any atom is 0.274 e. The summed E-state index contributed by atoms with van der Waals surface area (Å²) >= 11 is 1.59. The molecule has 0 bridgehead atoms. The molecule has 0 unspecified atom stereocenters. The van der Waals surface area contributed by atoms with Crippen molar-refractivity contribution in [3.63, 3.8) is 0 Å². The fourth-order valence-corrected chi connectivity index (χ4v) is 8.75. The molecule has 0 spiro atoms. The number of rotatable bonds is 18. The fourth-order valence-electron chi connectivity index (χ4n) is 7.94. The van der Waals surface area contributed by atoms with Crippen LogP contribution in [0.1, 0.15) is 102 Å². The third kappa shape index (κ3) is 12.9. The van der Waals surface area contributed by atoms with Gasteiger partial charge in [-0.05, 0) is 107 Å². The van der Waals surface area contributed by atoms with Crippen LogP contribution in [0.3, 0.4) is 0 Å². The van der Waals surface area contributed by atoms with Gasteiger partial charge in [0.05, 0.1) is 34.5 Å². The zero-order valence-electron chi connectivity index (χ0n) is 40.7. The number of carbonyl (C=O) groups is 4. The quantitative estimate of drug-likeness (QED) is 0.0759. The maximum absolute atomic E-state index is 14.1. The molecule has 18 heteroatoms. The number of aromatic nitrogens is 5. The van der Waals surface area contributed by atoms with E-state index in [4.69, 9.17) is 13.9 Å². The van der Waals surface area contributed by atoms with Crippen LogP contribution in [0.15, 0.2) is 87.6 Å². The van der Waals surface area contributed by atoms with Gasteiger partial charge in [0.15, 0.2) is 5.58 Å². The average molecular weight is 960 g/mol. The van der Waals surface area contributed by atoms with Gasteiger partial charge in [-0.15, -0.1) is 11.3 Å². The van der Waals surface area contributed by atoms with Crippen molar-refractivity contribution < 1.29 is 33.1 Å². The van der Waals surface area contributed by atoms with Crippen LogP contribution in [0, 0.1) is 12.3 Å². The summed E-state index contributed by atoms with van der Waals surface area (Å²) in [4.78, 5) is 81.8. The van der Waals surface area contributed by atoms with Gasteiger partial charge in [0.25, 0.3) is 11.5 Å². The van der Waals surface area contributed by atoms with E-state index < -0.39 is 34.6 Å². The van der Waals surface area contributed by atoms with Crippen LogP contribution < -0.4 is 26.2 Å². The summed E-state index contributed by atoms with van der Waals surface area (Å²) < 4.78 is 19.5. The molecule has 364 valence electrons. The van der Waals surface area contributed by atoms with Gasteiger partial charge < -0.3 is 34.7 Å². The molecule has 4 amide bonds. The van der Waals surface area contributed by atoms with Crippen LogP contribution in [-0.4, -0.2) is 89.7 Å². The van der Waals surface area contributed by atoms with Gasteiger partial charge >= 0.3 is 0 Å². The Morgan fingerprint density at radius 1 is 0.928 bits per heavy atom. The fraction of sp³-hybridized carbons (Fsp3) is 0.431. The topological polar surface area (TPSA) is 213 Å². The lowest BCUT2D eigenvalue weighted by atomic mass is 9.85. The van der Waals surface area contributed by atoms with Crippen LogP contribution in [-0.2, 0) is 32.7 Å². The highest BCUT2D eigenvalue weighted by atomic mass is 32.1. The van der Waals surface area contributed by atoms with Crippen LogP contribution in [0.25, 0.3) is 33.1 Å². The molecule has 1 aliphatic rings. The molecule has 7 rings (SSSR count). The minimum atomic E-state index is -0.829. The molecule has 2 aromatic carbocycles. The molecule has 2 atom stereocenters. The zero-order valence-corrected chi connectivity index (χ0v) is 41.5. The Labute approximate surface area is 405 Å². The third-order valence-electron chi connectivity index (χ3n) is 12.0. The molecule has 17 nitrogen and oxygen atoms in total. The molecule has 1 saturated heterocycles. The zero-order chi connectivity index (χ0) is 49.7. The summed E-state index contributed by atoms with van der Waals surface area (Å²) in [5, 5.41) is 13.0. The van der Waals surface area contributed by atoms with Crippen molar-refractivity contribution in [3.8, 4) is 27.8 Å². The number of thiazole rings is 1. The lowest BCUT2D eigenvalue weighted by Gasteiger charge is -2.35. The summed E-state index contributed by atoms with van der Waals surface area (Å²) in [7, 11) is 1.54. The van der Waals surface area contributed by atoms with E-state index in [1.54, 1.807) is 53.6 Å². The summed E-state index contributed by atoms with van der Waals surface area (Å²) in [5.74, 6) is -0.449. The SMILES string of the molecule is Cc1ncsc1-c1ccc(CNC(=O)[C@@H]2CCCN2C(=O)[C@@H](NC(=O)CCC(C)(C)OCCC(C)(C)Oc2ccc(C(=O)Nc3ccc4oc(-c5ccc(=O)n(C)n5)nc4c3)nc2)C(C)(C)C)cc1. The van der Waals surface area contributed by atoms with E-state index >= 15 is 0 Å². The number of anilines is 1. The van der Waals surface area contributed by atoms with Crippen LogP contribution >= 0.6 is 11.3 Å². The second-order valence-electron chi connectivity index (χ2n) is 19.7. The standard InChI is InChI=1S/C51H61N9O8S/c1-31-43(69-30-54-31)33-14-12-32(13-15-33)28-53-46(64)39-11-10-25-60(39)48(65)44(49(2,3)4)57-41(61)22-23-50(5,6)66-26-24-51(7,8)68-35-17-18-36(52-29-35)45(63)55-34-16-20-40-38(27-34)56-47(67-40)37-19-21-42(62)59(9)58-37/h12-21,27,29-30,39,44H,10-11,22-26,28H2,1-9H3,(H,53,64)(H,55,63)(H,57,61)/t39-,44+/m0/s1. The number of hydrogen-bond donors (Lipinski definition) is 3. The highest BCUT2D eigenvalue weighted by molar-refractivity contribution is 7.13. The lowest BCUT2D eigenvalue weighted by molar-refractivity contribution is -0.144. The van der Waals surface area contributed by atoms with E-state index in [1.165, 1.54) is 23.0 Å². The molecular formula is C51H61N9O8S. The maximum atomic E-state index is 14.1. The monoisotopic (exact) mass is 959 g/mol. The Balaban J connectivity index is 0.844. The summed E-state index contributed by atoms with van der Waals surface area (Å²) in [6, 6.07) is 17.8. The number of ether oxygens (including phenoxy) is 2. The smallest absolute Gasteiger partial charge is 0.274 e. The van der Waals surface area contributed by atoms with Crippen LogP contribution in [0.2, 0.25) is 0 Å². The predicted octanol–water partition coefficient (Wildman–Crippen LogP) is 7.63.